The first kappa shape index (κ1) is 23.8. The normalized spacial score (nSPS) is 25.7. The SMILES string of the molecule is CC=C1C[C@@H](O)[C@H](C=C[C@@H](O)CCC[C@@H](C)O)[C@H]1CCCc1ccc(C(=O)O)s1. The van der Waals surface area contributed by atoms with Gasteiger partial charge in [-0.25, -0.2) is 4.79 Å². The highest BCUT2D eigenvalue weighted by molar-refractivity contribution is 7.13. The predicted molar refractivity (Wildman–Crippen MR) is 116 cm³/mol. The van der Waals surface area contributed by atoms with Crippen LogP contribution in [0.2, 0.25) is 0 Å². The molecular formula is C23H34O5S. The molecule has 0 spiro atoms. The number of aliphatic hydroxyl groups is 3. The van der Waals surface area contributed by atoms with Gasteiger partial charge in [-0.1, -0.05) is 23.8 Å². The van der Waals surface area contributed by atoms with Gasteiger partial charge >= 0.3 is 5.97 Å². The molecule has 4 N–H and O–H groups in total. The van der Waals surface area contributed by atoms with Gasteiger partial charge in [0.05, 0.1) is 18.3 Å². The first-order valence-electron chi connectivity index (χ1n) is 10.5. The molecule has 5 nitrogen and oxygen atoms in total. The van der Waals surface area contributed by atoms with E-state index >= 15 is 0 Å². The summed E-state index contributed by atoms with van der Waals surface area (Å²) in [6.07, 6.45) is 9.89. The van der Waals surface area contributed by atoms with E-state index in [2.05, 4.69) is 6.08 Å². The molecule has 1 aromatic heterocycles. The van der Waals surface area contributed by atoms with Crippen LogP contribution in [0.3, 0.4) is 0 Å². The molecule has 0 aliphatic heterocycles. The topological polar surface area (TPSA) is 98.0 Å². The van der Waals surface area contributed by atoms with E-state index in [1.165, 1.54) is 16.9 Å². The average molecular weight is 423 g/mol. The molecule has 0 radical (unpaired) electrons. The molecule has 6 heteroatoms. The Bertz CT molecular complexity index is 706. The van der Waals surface area contributed by atoms with Crippen LogP contribution >= 0.6 is 11.3 Å². The zero-order chi connectivity index (χ0) is 21.4. The number of carbonyl (C=O) groups is 1. The number of aliphatic hydroxyl groups excluding tert-OH is 3. The average Bonchev–Trinajstić information content (AvgIpc) is 3.25. The maximum atomic E-state index is 11.0. The fraction of sp³-hybridized carbons (Fsp3) is 0.609. The number of aryl methyl sites for hydroxylation is 1. The number of allylic oxidation sites excluding steroid dienone is 1. The van der Waals surface area contributed by atoms with E-state index in [0.717, 1.165) is 30.6 Å². The predicted octanol–water partition coefficient (Wildman–Crippen LogP) is 4.18. The fourth-order valence-electron chi connectivity index (χ4n) is 4.12. The van der Waals surface area contributed by atoms with Crippen LogP contribution in [0.1, 0.15) is 66.9 Å². The molecule has 1 heterocycles. The molecule has 1 aromatic rings. The molecule has 0 amide bonds. The van der Waals surface area contributed by atoms with Crippen molar-refractivity contribution >= 4 is 17.3 Å². The van der Waals surface area contributed by atoms with E-state index in [9.17, 15) is 20.1 Å². The molecule has 162 valence electrons. The smallest absolute Gasteiger partial charge is 0.345 e. The summed E-state index contributed by atoms with van der Waals surface area (Å²) in [5.74, 6) is -0.645. The van der Waals surface area contributed by atoms with Gasteiger partial charge in [-0.2, -0.15) is 0 Å². The van der Waals surface area contributed by atoms with Crippen molar-refractivity contribution in [2.45, 2.75) is 77.1 Å². The van der Waals surface area contributed by atoms with Crippen LogP contribution in [0.5, 0.6) is 0 Å². The third-order valence-corrected chi connectivity index (χ3v) is 6.82. The van der Waals surface area contributed by atoms with Gasteiger partial charge in [0.1, 0.15) is 4.88 Å². The van der Waals surface area contributed by atoms with E-state index in [-0.39, 0.29) is 17.9 Å². The second kappa shape index (κ2) is 11.6. The molecule has 2 rings (SSSR count). The molecule has 0 saturated heterocycles. The van der Waals surface area contributed by atoms with E-state index < -0.39 is 18.2 Å². The lowest BCUT2D eigenvalue weighted by molar-refractivity contribution is 0.0702. The number of hydrogen-bond donors (Lipinski definition) is 4. The molecule has 1 aliphatic carbocycles. The number of thiophene rings is 1. The number of carboxylic acids is 1. The lowest BCUT2D eigenvalue weighted by atomic mass is 9.87. The summed E-state index contributed by atoms with van der Waals surface area (Å²) in [4.78, 5) is 12.5. The Morgan fingerprint density at radius 2 is 2.03 bits per heavy atom. The van der Waals surface area contributed by atoms with Crippen LogP contribution in [0.15, 0.2) is 35.9 Å². The zero-order valence-corrected chi connectivity index (χ0v) is 18.1. The van der Waals surface area contributed by atoms with Gasteiger partial charge in [-0.15, -0.1) is 11.3 Å². The summed E-state index contributed by atoms with van der Waals surface area (Å²) in [5.41, 5.74) is 1.26. The Balaban J connectivity index is 1.91. The van der Waals surface area contributed by atoms with Crippen LogP contribution in [-0.2, 0) is 6.42 Å². The molecule has 1 aliphatic rings. The van der Waals surface area contributed by atoms with Gasteiger partial charge in [-0.05, 0) is 76.8 Å². The van der Waals surface area contributed by atoms with Crippen molar-refractivity contribution < 1.29 is 25.2 Å². The Morgan fingerprint density at radius 1 is 1.28 bits per heavy atom. The standard InChI is InChI=1S/C23H34O5S/c1-3-16-14-21(26)20(12-10-17(25)7-4-6-15(2)24)19(16)9-5-8-18-11-13-22(29-18)23(27)28/h3,10-13,15,17,19-21,24-26H,4-9,14H2,1-2H3,(H,27,28)/t15-,17+,19+,20-,21-/m1/s1. The van der Waals surface area contributed by atoms with Gasteiger partial charge in [0.25, 0.3) is 0 Å². The van der Waals surface area contributed by atoms with Crippen LogP contribution in [0, 0.1) is 11.8 Å². The quantitative estimate of drug-likeness (QED) is 0.401. The van der Waals surface area contributed by atoms with E-state index in [1.54, 1.807) is 19.1 Å². The minimum atomic E-state index is -0.881. The number of hydrogen-bond acceptors (Lipinski definition) is 5. The van der Waals surface area contributed by atoms with Gasteiger partial charge in [0, 0.05) is 10.8 Å². The summed E-state index contributed by atoms with van der Waals surface area (Å²) < 4.78 is 0. The van der Waals surface area contributed by atoms with Crippen LogP contribution < -0.4 is 0 Å². The molecule has 0 bridgehead atoms. The zero-order valence-electron chi connectivity index (χ0n) is 17.3. The number of rotatable bonds is 11. The van der Waals surface area contributed by atoms with Crippen molar-refractivity contribution in [3.8, 4) is 0 Å². The van der Waals surface area contributed by atoms with Crippen molar-refractivity contribution in [2.24, 2.45) is 11.8 Å². The second-order valence-electron chi connectivity index (χ2n) is 8.01. The molecule has 1 saturated carbocycles. The first-order chi connectivity index (χ1) is 13.8. The van der Waals surface area contributed by atoms with Crippen molar-refractivity contribution in [1.29, 1.82) is 0 Å². The minimum Gasteiger partial charge on any atom is -0.477 e. The number of aromatic carboxylic acids is 1. The Hall–Kier alpha value is -1.47. The largest absolute Gasteiger partial charge is 0.477 e. The summed E-state index contributed by atoms with van der Waals surface area (Å²) in [6.45, 7) is 3.75. The highest BCUT2D eigenvalue weighted by atomic mass is 32.1. The lowest BCUT2D eigenvalue weighted by Crippen LogP contribution is -2.18. The summed E-state index contributed by atoms with van der Waals surface area (Å²) >= 11 is 1.33. The summed E-state index contributed by atoms with van der Waals surface area (Å²) in [6, 6.07) is 3.54. The monoisotopic (exact) mass is 422 g/mol. The summed E-state index contributed by atoms with van der Waals surface area (Å²) in [7, 11) is 0. The van der Waals surface area contributed by atoms with Crippen LogP contribution in [0.4, 0.5) is 0 Å². The van der Waals surface area contributed by atoms with E-state index in [0.29, 0.717) is 24.1 Å². The van der Waals surface area contributed by atoms with Crippen molar-refractivity contribution in [3.05, 3.63) is 45.7 Å². The third kappa shape index (κ3) is 7.37. The molecule has 0 unspecified atom stereocenters. The second-order valence-corrected chi connectivity index (χ2v) is 9.18. The maximum absolute atomic E-state index is 11.0. The van der Waals surface area contributed by atoms with Crippen LogP contribution in [-0.4, -0.2) is 44.7 Å². The van der Waals surface area contributed by atoms with Gasteiger partial charge in [-0.3, -0.25) is 0 Å². The Labute approximate surface area is 177 Å². The van der Waals surface area contributed by atoms with Gasteiger partial charge < -0.3 is 20.4 Å². The molecule has 5 atom stereocenters. The molecular weight excluding hydrogens is 388 g/mol. The minimum absolute atomic E-state index is 0.00877. The fourth-order valence-corrected chi connectivity index (χ4v) is 5.00. The molecule has 29 heavy (non-hydrogen) atoms. The van der Waals surface area contributed by atoms with Gasteiger partial charge in [0.15, 0.2) is 0 Å². The maximum Gasteiger partial charge on any atom is 0.345 e. The van der Waals surface area contributed by atoms with Crippen LogP contribution in [0.25, 0.3) is 0 Å². The number of carboxylic acid groups (broad SMARTS) is 1. The lowest BCUT2D eigenvalue weighted by Gasteiger charge is -2.20. The van der Waals surface area contributed by atoms with Crippen molar-refractivity contribution in [3.63, 3.8) is 0 Å². The third-order valence-electron chi connectivity index (χ3n) is 5.69. The Morgan fingerprint density at radius 3 is 2.66 bits per heavy atom. The van der Waals surface area contributed by atoms with Crippen molar-refractivity contribution in [1.82, 2.24) is 0 Å². The van der Waals surface area contributed by atoms with E-state index in [4.69, 9.17) is 5.11 Å². The first-order valence-corrected chi connectivity index (χ1v) is 11.3. The van der Waals surface area contributed by atoms with Crippen molar-refractivity contribution in [2.75, 3.05) is 0 Å². The summed E-state index contributed by atoms with van der Waals surface area (Å²) in [5, 5.41) is 39.1. The molecule has 0 aromatic carbocycles. The highest BCUT2D eigenvalue weighted by Crippen LogP contribution is 2.41. The molecule has 1 fully saturated rings. The highest BCUT2D eigenvalue weighted by Gasteiger charge is 2.36. The Kier molecular flexibility index (Phi) is 9.56. The van der Waals surface area contributed by atoms with Gasteiger partial charge in [0.2, 0.25) is 0 Å². The van der Waals surface area contributed by atoms with E-state index in [1.807, 2.05) is 19.1 Å².